The summed E-state index contributed by atoms with van der Waals surface area (Å²) in [6, 6.07) is 10.6. The molecule has 2 aromatic heterocycles. The van der Waals surface area contributed by atoms with Crippen LogP contribution in [-0.2, 0) is 11.3 Å². The van der Waals surface area contributed by atoms with Gasteiger partial charge < -0.3 is 14.0 Å². The van der Waals surface area contributed by atoms with Crippen molar-refractivity contribution in [3.63, 3.8) is 0 Å². The van der Waals surface area contributed by atoms with E-state index in [4.69, 9.17) is 14.0 Å². The first-order valence-corrected chi connectivity index (χ1v) is 8.57. The van der Waals surface area contributed by atoms with Crippen LogP contribution in [0.4, 0.5) is 0 Å². The monoisotopic (exact) mass is 357 g/mol. The van der Waals surface area contributed by atoms with Gasteiger partial charge in [0.1, 0.15) is 10.8 Å². The lowest BCUT2D eigenvalue weighted by molar-refractivity contribution is 0.0425. The first-order chi connectivity index (χ1) is 12.2. The Morgan fingerprint density at radius 1 is 1.28 bits per heavy atom. The third-order valence-electron chi connectivity index (χ3n) is 3.31. The van der Waals surface area contributed by atoms with Crippen LogP contribution in [0, 0.1) is 0 Å². The largest absolute Gasteiger partial charge is 0.497 e. The van der Waals surface area contributed by atoms with Gasteiger partial charge in [-0.1, -0.05) is 17.3 Å². The molecule has 0 N–H and O–H groups in total. The van der Waals surface area contributed by atoms with Crippen molar-refractivity contribution < 1.29 is 18.8 Å². The number of ether oxygens (including phenoxy) is 2. The predicted molar refractivity (Wildman–Crippen MR) is 91.4 cm³/mol. The van der Waals surface area contributed by atoms with Crippen molar-refractivity contribution >= 4 is 17.7 Å². The van der Waals surface area contributed by atoms with E-state index < -0.39 is 5.97 Å². The lowest BCUT2D eigenvalue weighted by Gasteiger charge is -2.04. The summed E-state index contributed by atoms with van der Waals surface area (Å²) in [6.07, 6.45) is 3.47. The third-order valence-corrected chi connectivity index (χ3v) is 4.02. The van der Waals surface area contributed by atoms with Crippen molar-refractivity contribution in [1.82, 2.24) is 15.1 Å². The predicted octanol–water partition coefficient (Wildman–Crippen LogP) is 3.22. The van der Waals surface area contributed by atoms with E-state index >= 15 is 0 Å². The smallest absolute Gasteiger partial charge is 0.341 e. The minimum Gasteiger partial charge on any atom is -0.497 e. The molecule has 0 bridgehead atoms. The summed E-state index contributed by atoms with van der Waals surface area (Å²) < 4.78 is 15.5. The van der Waals surface area contributed by atoms with Gasteiger partial charge in [0.05, 0.1) is 12.7 Å². The summed E-state index contributed by atoms with van der Waals surface area (Å²) >= 11 is 1.38. The Morgan fingerprint density at radius 3 is 2.96 bits per heavy atom. The molecule has 7 nitrogen and oxygen atoms in total. The van der Waals surface area contributed by atoms with Crippen molar-refractivity contribution in [2.24, 2.45) is 0 Å². The van der Waals surface area contributed by atoms with Crippen molar-refractivity contribution in [1.29, 1.82) is 0 Å². The van der Waals surface area contributed by atoms with E-state index in [1.807, 2.05) is 24.5 Å². The molecular weight excluding hydrogens is 342 g/mol. The number of aromatic nitrogens is 3. The zero-order chi connectivity index (χ0) is 17.6. The molecule has 8 heteroatoms. The molecule has 0 spiro atoms. The highest BCUT2D eigenvalue weighted by atomic mass is 32.2. The minimum atomic E-state index is -0.487. The first-order valence-electron chi connectivity index (χ1n) is 7.34. The van der Waals surface area contributed by atoms with E-state index in [1.165, 1.54) is 11.8 Å². The number of rotatable bonds is 6. The number of benzene rings is 1. The molecule has 0 unspecified atom stereocenters. The molecule has 0 saturated carbocycles. The molecule has 0 aliphatic rings. The number of hydrogen-bond acceptors (Lipinski definition) is 8. The fraction of sp³-hybridized carbons (Fsp3) is 0.176. The number of thioether (sulfide) groups is 1. The molecule has 25 heavy (non-hydrogen) atoms. The summed E-state index contributed by atoms with van der Waals surface area (Å²) in [5.74, 6) is 0.812. The van der Waals surface area contributed by atoms with Crippen LogP contribution >= 0.6 is 11.8 Å². The number of nitrogens with zero attached hydrogens (tertiary/aromatic N) is 3. The van der Waals surface area contributed by atoms with Crippen molar-refractivity contribution in [2.45, 2.75) is 11.6 Å². The van der Waals surface area contributed by atoms with E-state index in [-0.39, 0.29) is 12.5 Å². The Labute approximate surface area is 148 Å². The fourth-order valence-corrected chi connectivity index (χ4v) is 2.64. The van der Waals surface area contributed by atoms with Gasteiger partial charge in [0.15, 0.2) is 6.61 Å². The second-order valence-electron chi connectivity index (χ2n) is 4.88. The normalized spacial score (nSPS) is 10.5. The molecule has 0 fully saturated rings. The topological polar surface area (TPSA) is 87.3 Å². The Bertz CT molecular complexity index is 882. The minimum absolute atomic E-state index is 0.113. The molecule has 3 aromatic rings. The molecule has 0 aliphatic heterocycles. The van der Waals surface area contributed by atoms with Gasteiger partial charge in [0, 0.05) is 11.8 Å². The maximum absolute atomic E-state index is 12.2. The summed E-state index contributed by atoms with van der Waals surface area (Å²) in [7, 11) is 1.58. The fourth-order valence-electron chi connectivity index (χ4n) is 2.11. The zero-order valence-electron chi connectivity index (χ0n) is 13.6. The number of methoxy groups -OCH3 is 1. The molecule has 2 heterocycles. The van der Waals surface area contributed by atoms with Crippen LogP contribution in [0.3, 0.4) is 0 Å². The van der Waals surface area contributed by atoms with Gasteiger partial charge in [-0.3, -0.25) is 0 Å². The van der Waals surface area contributed by atoms with Gasteiger partial charge in [-0.15, -0.1) is 11.8 Å². The standard InChI is InChI=1S/C17H15N3O4S/c1-22-12-6-3-5-11(9-12)15-19-14(24-20-15)10-23-17(21)13-7-4-8-18-16(13)25-2/h3-9H,10H2,1-2H3. The second kappa shape index (κ2) is 7.80. The van der Waals surface area contributed by atoms with E-state index in [9.17, 15) is 4.79 Å². The van der Waals surface area contributed by atoms with Crippen molar-refractivity contribution in [3.05, 3.63) is 54.0 Å². The Balaban J connectivity index is 1.68. The molecule has 0 atom stereocenters. The van der Waals surface area contributed by atoms with E-state index in [0.717, 1.165) is 5.56 Å². The van der Waals surface area contributed by atoms with E-state index in [2.05, 4.69) is 15.1 Å². The lowest BCUT2D eigenvalue weighted by Crippen LogP contribution is -2.07. The average Bonchev–Trinajstić information content (AvgIpc) is 3.15. The molecule has 1 aromatic carbocycles. The highest BCUT2D eigenvalue weighted by Gasteiger charge is 2.16. The molecule has 0 aliphatic carbocycles. The highest BCUT2D eigenvalue weighted by Crippen LogP contribution is 2.22. The van der Waals surface area contributed by atoms with Crippen LogP contribution in [0.25, 0.3) is 11.4 Å². The van der Waals surface area contributed by atoms with Crippen molar-refractivity contribution in [3.8, 4) is 17.1 Å². The van der Waals surface area contributed by atoms with E-state index in [0.29, 0.717) is 22.2 Å². The zero-order valence-corrected chi connectivity index (χ0v) is 14.4. The Kier molecular flexibility index (Phi) is 5.30. The molecule has 3 rings (SSSR count). The van der Waals surface area contributed by atoms with Gasteiger partial charge >= 0.3 is 5.97 Å². The summed E-state index contributed by atoms with van der Waals surface area (Å²) in [6.45, 7) is -0.113. The van der Waals surface area contributed by atoms with Gasteiger partial charge in [-0.2, -0.15) is 4.98 Å². The Morgan fingerprint density at radius 2 is 2.16 bits per heavy atom. The number of carbonyl (C=O) groups excluding carboxylic acids is 1. The van der Waals surface area contributed by atoms with Crippen LogP contribution in [-0.4, -0.2) is 34.5 Å². The summed E-state index contributed by atoms with van der Waals surface area (Å²) in [4.78, 5) is 20.5. The third kappa shape index (κ3) is 3.97. The number of carbonyl (C=O) groups is 1. The quantitative estimate of drug-likeness (QED) is 0.491. The van der Waals surface area contributed by atoms with Crippen molar-refractivity contribution in [2.75, 3.05) is 13.4 Å². The summed E-state index contributed by atoms with van der Waals surface area (Å²) in [5.41, 5.74) is 1.15. The highest BCUT2D eigenvalue weighted by molar-refractivity contribution is 7.98. The lowest BCUT2D eigenvalue weighted by atomic mass is 10.2. The molecule has 128 valence electrons. The molecule has 0 radical (unpaired) electrons. The van der Waals surface area contributed by atoms with Crippen LogP contribution in [0.1, 0.15) is 16.2 Å². The average molecular weight is 357 g/mol. The van der Waals surface area contributed by atoms with E-state index in [1.54, 1.807) is 31.5 Å². The SMILES string of the molecule is COc1cccc(-c2noc(COC(=O)c3cccnc3SC)n2)c1. The molecule has 0 amide bonds. The van der Waals surface area contributed by atoms with Crippen LogP contribution < -0.4 is 4.74 Å². The van der Waals surface area contributed by atoms with Crippen LogP contribution in [0.5, 0.6) is 5.75 Å². The Hall–Kier alpha value is -2.87. The van der Waals surface area contributed by atoms with Crippen LogP contribution in [0.15, 0.2) is 52.1 Å². The van der Waals surface area contributed by atoms with Gasteiger partial charge in [0.25, 0.3) is 5.89 Å². The maximum Gasteiger partial charge on any atom is 0.341 e. The van der Waals surface area contributed by atoms with Gasteiger partial charge in [0.2, 0.25) is 5.82 Å². The van der Waals surface area contributed by atoms with Gasteiger partial charge in [-0.05, 0) is 30.5 Å². The second-order valence-corrected chi connectivity index (χ2v) is 5.67. The first kappa shape index (κ1) is 17.0. The van der Waals surface area contributed by atoms with Gasteiger partial charge in [-0.25, -0.2) is 9.78 Å². The maximum atomic E-state index is 12.2. The van der Waals surface area contributed by atoms with Crippen LogP contribution in [0.2, 0.25) is 0 Å². The number of hydrogen-bond donors (Lipinski definition) is 0. The molecular formula is C17H15N3O4S. The summed E-state index contributed by atoms with van der Waals surface area (Å²) in [5, 5.41) is 4.50. The molecule has 0 saturated heterocycles. The number of pyridine rings is 1. The number of esters is 1.